The second-order valence-corrected chi connectivity index (χ2v) is 3.71. The van der Waals surface area contributed by atoms with Crippen LogP contribution in [0, 0.1) is 11.8 Å². The van der Waals surface area contributed by atoms with E-state index in [0.29, 0.717) is 6.42 Å². The molecular formula is C11H17NO5. The SMILES string of the molecule is C=CCC(=O)C(C(N)CC)C(C(=O)O)C(=O)O. The van der Waals surface area contributed by atoms with Crippen LogP contribution in [0.3, 0.4) is 0 Å². The highest BCUT2D eigenvalue weighted by molar-refractivity contribution is 5.99. The third kappa shape index (κ3) is 3.99. The standard InChI is InChI=1S/C11H17NO5/c1-3-5-7(13)8(6(12)4-2)9(10(14)15)11(16)17/h3,6,8-9H,1,4-5,12H2,2H3,(H,14,15)(H,16,17). The number of rotatable bonds is 8. The number of Topliss-reactive ketones (excluding diaryl/α,β-unsaturated/α-hetero) is 1. The lowest BCUT2D eigenvalue weighted by atomic mass is 9.81. The summed E-state index contributed by atoms with van der Waals surface area (Å²) in [4.78, 5) is 33.5. The summed E-state index contributed by atoms with van der Waals surface area (Å²) in [5.74, 6) is -6.65. The third-order valence-corrected chi connectivity index (χ3v) is 2.54. The molecule has 0 rings (SSSR count). The Morgan fingerprint density at radius 2 is 1.76 bits per heavy atom. The van der Waals surface area contributed by atoms with E-state index in [2.05, 4.69) is 6.58 Å². The van der Waals surface area contributed by atoms with Crippen molar-refractivity contribution in [1.82, 2.24) is 0 Å². The zero-order valence-electron chi connectivity index (χ0n) is 9.63. The summed E-state index contributed by atoms with van der Waals surface area (Å²) < 4.78 is 0. The van der Waals surface area contributed by atoms with Gasteiger partial charge in [-0.3, -0.25) is 14.4 Å². The minimum Gasteiger partial charge on any atom is -0.481 e. The van der Waals surface area contributed by atoms with E-state index in [0.717, 1.165) is 0 Å². The number of carboxylic acids is 2. The Balaban J connectivity index is 5.26. The van der Waals surface area contributed by atoms with Crippen molar-refractivity contribution >= 4 is 17.7 Å². The Hall–Kier alpha value is -1.69. The fourth-order valence-corrected chi connectivity index (χ4v) is 1.62. The minimum absolute atomic E-state index is 0.0879. The van der Waals surface area contributed by atoms with Crippen molar-refractivity contribution in [3.05, 3.63) is 12.7 Å². The Morgan fingerprint density at radius 1 is 1.29 bits per heavy atom. The van der Waals surface area contributed by atoms with Gasteiger partial charge >= 0.3 is 11.9 Å². The predicted molar refractivity (Wildman–Crippen MR) is 60.3 cm³/mol. The molecule has 17 heavy (non-hydrogen) atoms. The number of aliphatic carboxylic acids is 2. The van der Waals surface area contributed by atoms with Gasteiger partial charge in [-0.2, -0.15) is 0 Å². The van der Waals surface area contributed by atoms with Gasteiger partial charge in [-0.05, 0) is 6.42 Å². The first-order valence-corrected chi connectivity index (χ1v) is 5.21. The van der Waals surface area contributed by atoms with Crippen molar-refractivity contribution in [1.29, 1.82) is 0 Å². The van der Waals surface area contributed by atoms with Gasteiger partial charge in [0.1, 0.15) is 5.78 Å². The lowest BCUT2D eigenvalue weighted by molar-refractivity contribution is -0.160. The lowest BCUT2D eigenvalue weighted by Gasteiger charge is -2.24. The van der Waals surface area contributed by atoms with Crippen LogP contribution in [-0.2, 0) is 14.4 Å². The molecule has 0 radical (unpaired) electrons. The molecular weight excluding hydrogens is 226 g/mol. The topological polar surface area (TPSA) is 118 Å². The van der Waals surface area contributed by atoms with E-state index in [1.54, 1.807) is 6.92 Å². The molecule has 6 nitrogen and oxygen atoms in total. The highest BCUT2D eigenvalue weighted by Crippen LogP contribution is 2.21. The summed E-state index contributed by atoms with van der Waals surface area (Å²) in [6.07, 6.45) is 1.54. The Kier molecular flexibility index (Phi) is 6.12. The van der Waals surface area contributed by atoms with Gasteiger partial charge in [-0.15, -0.1) is 6.58 Å². The van der Waals surface area contributed by atoms with Gasteiger partial charge in [0, 0.05) is 12.5 Å². The second-order valence-electron chi connectivity index (χ2n) is 3.71. The second kappa shape index (κ2) is 6.80. The maximum absolute atomic E-state index is 11.7. The zero-order chi connectivity index (χ0) is 13.6. The van der Waals surface area contributed by atoms with E-state index in [9.17, 15) is 14.4 Å². The van der Waals surface area contributed by atoms with E-state index >= 15 is 0 Å². The van der Waals surface area contributed by atoms with Gasteiger partial charge in [0.2, 0.25) is 0 Å². The molecule has 0 aliphatic rings. The first-order chi connectivity index (χ1) is 7.86. The minimum atomic E-state index is -1.81. The van der Waals surface area contributed by atoms with Crippen LogP contribution in [0.1, 0.15) is 19.8 Å². The fourth-order valence-electron chi connectivity index (χ4n) is 1.62. The van der Waals surface area contributed by atoms with Crippen molar-refractivity contribution in [2.45, 2.75) is 25.8 Å². The molecule has 96 valence electrons. The van der Waals surface area contributed by atoms with E-state index in [-0.39, 0.29) is 6.42 Å². The summed E-state index contributed by atoms with van der Waals surface area (Å²) in [6.45, 7) is 5.03. The molecule has 0 aromatic rings. The Morgan fingerprint density at radius 3 is 2.06 bits per heavy atom. The van der Waals surface area contributed by atoms with Crippen LogP contribution in [-0.4, -0.2) is 34.0 Å². The quantitative estimate of drug-likeness (QED) is 0.416. The van der Waals surface area contributed by atoms with E-state index in [1.165, 1.54) is 6.08 Å². The fraction of sp³-hybridized carbons (Fsp3) is 0.545. The number of carbonyl (C=O) groups is 3. The van der Waals surface area contributed by atoms with Gasteiger partial charge < -0.3 is 15.9 Å². The van der Waals surface area contributed by atoms with Crippen LogP contribution in [0.4, 0.5) is 0 Å². The average Bonchev–Trinajstić information content (AvgIpc) is 2.23. The van der Waals surface area contributed by atoms with Gasteiger partial charge in [-0.1, -0.05) is 13.0 Å². The molecule has 0 aromatic heterocycles. The molecule has 0 amide bonds. The maximum Gasteiger partial charge on any atom is 0.318 e. The molecule has 6 heteroatoms. The van der Waals surface area contributed by atoms with Crippen LogP contribution in [0.2, 0.25) is 0 Å². The number of hydrogen-bond acceptors (Lipinski definition) is 4. The van der Waals surface area contributed by atoms with Crippen LogP contribution in [0.25, 0.3) is 0 Å². The summed E-state index contributed by atoms with van der Waals surface area (Å²) >= 11 is 0. The molecule has 0 heterocycles. The average molecular weight is 243 g/mol. The third-order valence-electron chi connectivity index (χ3n) is 2.54. The van der Waals surface area contributed by atoms with Crippen molar-refractivity contribution in [3.63, 3.8) is 0 Å². The molecule has 0 aliphatic carbocycles. The van der Waals surface area contributed by atoms with Crippen molar-refractivity contribution in [2.24, 2.45) is 17.6 Å². The van der Waals surface area contributed by atoms with Gasteiger partial charge in [-0.25, -0.2) is 0 Å². The number of allylic oxidation sites excluding steroid dienone is 1. The molecule has 2 atom stereocenters. The van der Waals surface area contributed by atoms with Crippen molar-refractivity contribution in [3.8, 4) is 0 Å². The van der Waals surface area contributed by atoms with E-state index in [4.69, 9.17) is 15.9 Å². The molecule has 2 unspecified atom stereocenters. The number of hydrogen-bond donors (Lipinski definition) is 3. The zero-order valence-corrected chi connectivity index (χ0v) is 9.63. The normalized spacial score (nSPS) is 14.1. The monoisotopic (exact) mass is 243 g/mol. The van der Waals surface area contributed by atoms with Crippen LogP contribution < -0.4 is 5.73 Å². The molecule has 0 aromatic carbocycles. The molecule has 0 fully saturated rings. The van der Waals surface area contributed by atoms with Gasteiger partial charge in [0.15, 0.2) is 5.92 Å². The van der Waals surface area contributed by atoms with Crippen LogP contribution >= 0.6 is 0 Å². The molecule has 0 saturated carbocycles. The first kappa shape index (κ1) is 15.3. The molecule has 0 bridgehead atoms. The smallest absolute Gasteiger partial charge is 0.318 e. The van der Waals surface area contributed by atoms with Gasteiger partial charge in [0.25, 0.3) is 0 Å². The Bertz CT molecular complexity index is 312. The number of ketones is 1. The van der Waals surface area contributed by atoms with E-state index < -0.39 is 35.6 Å². The van der Waals surface area contributed by atoms with E-state index in [1.807, 2.05) is 0 Å². The maximum atomic E-state index is 11.7. The van der Waals surface area contributed by atoms with Crippen LogP contribution in [0.5, 0.6) is 0 Å². The van der Waals surface area contributed by atoms with Crippen molar-refractivity contribution in [2.75, 3.05) is 0 Å². The Labute approximate surface area is 99.1 Å². The molecule has 0 aliphatic heterocycles. The summed E-state index contributed by atoms with van der Waals surface area (Å²) in [7, 11) is 0. The summed E-state index contributed by atoms with van der Waals surface area (Å²) in [6, 6.07) is -0.792. The highest BCUT2D eigenvalue weighted by atomic mass is 16.4. The molecule has 4 N–H and O–H groups in total. The largest absolute Gasteiger partial charge is 0.481 e. The highest BCUT2D eigenvalue weighted by Gasteiger charge is 2.41. The first-order valence-electron chi connectivity index (χ1n) is 5.21. The van der Waals surface area contributed by atoms with Crippen molar-refractivity contribution < 1.29 is 24.6 Å². The lowest BCUT2D eigenvalue weighted by Crippen LogP contribution is -2.46. The van der Waals surface area contributed by atoms with Crippen LogP contribution in [0.15, 0.2) is 12.7 Å². The van der Waals surface area contributed by atoms with Gasteiger partial charge in [0.05, 0.1) is 5.92 Å². The predicted octanol–water partition coefficient (Wildman–Crippen LogP) is 0.271. The summed E-state index contributed by atoms with van der Waals surface area (Å²) in [5, 5.41) is 17.7. The number of carbonyl (C=O) groups excluding carboxylic acids is 1. The molecule has 0 saturated heterocycles. The number of nitrogens with two attached hydrogens (primary N) is 1. The summed E-state index contributed by atoms with van der Waals surface area (Å²) in [5.41, 5.74) is 5.64. The molecule has 0 spiro atoms. The number of carboxylic acid groups (broad SMARTS) is 2.